The van der Waals surface area contributed by atoms with E-state index in [0.717, 1.165) is 26.1 Å². The standard InChI is InChI=1S/C11H17N3O2/c1-13-10(9-2-6-16-7-3-9)8-14(5-4-12)11(13)15/h9-10H,2-3,5-8H2,1H3. The Hall–Kier alpha value is -1.28. The zero-order chi connectivity index (χ0) is 11.5. The molecule has 0 N–H and O–H groups in total. The number of likely N-dealkylation sites (N-methyl/N-ethyl adjacent to an activating group) is 1. The SMILES string of the molecule is CN1C(=O)N(CC#N)CC1C1CCOCC1. The number of amides is 2. The highest BCUT2D eigenvalue weighted by Crippen LogP contribution is 2.27. The summed E-state index contributed by atoms with van der Waals surface area (Å²) in [5.74, 6) is 0.520. The van der Waals surface area contributed by atoms with E-state index in [2.05, 4.69) is 0 Å². The number of hydrogen-bond donors (Lipinski definition) is 0. The van der Waals surface area contributed by atoms with Crippen LogP contribution in [0.15, 0.2) is 0 Å². The number of carbonyl (C=O) groups is 1. The van der Waals surface area contributed by atoms with Crippen molar-refractivity contribution in [1.29, 1.82) is 5.26 Å². The number of nitriles is 1. The van der Waals surface area contributed by atoms with Gasteiger partial charge in [0, 0.05) is 26.8 Å². The second-order valence-electron chi connectivity index (χ2n) is 4.45. The fourth-order valence-electron chi connectivity index (χ4n) is 2.57. The van der Waals surface area contributed by atoms with Crippen LogP contribution in [0.3, 0.4) is 0 Å². The van der Waals surface area contributed by atoms with Crippen LogP contribution in [-0.4, -0.2) is 55.2 Å². The molecule has 0 bridgehead atoms. The van der Waals surface area contributed by atoms with Gasteiger partial charge >= 0.3 is 6.03 Å². The third kappa shape index (κ3) is 1.98. The zero-order valence-electron chi connectivity index (χ0n) is 9.56. The zero-order valence-corrected chi connectivity index (χ0v) is 9.56. The van der Waals surface area contributed by atoms with Gasteiger partial charge < -0.3 is 14.5 Å². The van der Waals surface area contributed by atoms with Gasteiger partial charge in [-0.25, -0.2) is 4.79 Å². The van der Waals surface area contributed by atoms with Crippen LogP contribution in [0.1, 0.15) is 12.8 Å². The molecule has 0 aromatic carbocycles. The molecule has 16 heavy (non-hydrogen) atoms. The maximum atomic E-state index is 11.8. The third-order valence-electron chi connectivity index (χ3n) is 3.55. The van der Waals surface area contributed by atoms with Gasteiger partial charge in [0.1, 0.15) is 6.54 Å². The van der Waals surface area contributed by atoms with Crippen molar-refractivity contribution in [2.45, 2.75) is 18.9 Å². The summed E-state index contributed by atoms with van der Waals surface area (Å²) < 4.78 is 5.33. The molecule has 5 heteroatoms. The van der Waals surface area contributed by atoms with Gasteiger partial charge in [-0.05, 0) is 18.8 Å². The highest BCUT2D eigenvalue weighted by molar-refractivity contribution is 5.77. The third-order valence-corrected chi connectivity index (χ3v) is 3.55. The van der Waals surface area contributed by atoms with E-state index < -0.39 is 0 Å². The smallest absolute Gasteiger partial charge is 0.320 e. The second kappa shape index (κ2) is 4.71. The number of ether oxygens (including phenoxy) is 1. The van der Waals surface area contributed by atoms with E-state index in [1.165, 1.54) is 0 Å². The maximum Gasteiger partial charge on any atom is 0.320 e. The second-order valence-corrected chi connectivity index (χ2v) is 4.45. The summed E-state index contributed by atoms with van der Waals surface area (Å²) in [6.45, 7) is 2.47. The normalized spacial score (nSPS) is 27.2. The average molecular weight is 223 g/mol. The van der Waals surface area contributed by atoms with Gasteiger partial charge in [-0.1, -0.05) is 0 Å². The molecule has 2 heterocycles. The molecule has 0 spiro atoms. The van der Waals surface area contributed by atoms with Gasteiger partial charge in [-0.2, -0.15) is 5.26 Å². The van der Waals surface area contributed by atoms with E-state index in [9.17, 15) is 4.79 Å². The molecule has 1 atom stereocenters. The van der Waals surface area contributed by atoms with Crippen molar-refractivity contribution in [2.24, 2.45) is 5.92 Å². The number of carbonyl (C=O) groups excluding carboxylic acids is 1. The molecule has 0 saturated carbocycles. The molecular formula is C11H17N3O2. The van der Waals surface area contributed by atoms with Gasteiger partial charge in [0.15, 0.2) is 0 Å². The Bertz CT molecular complexity index is 307. The largest absolute Gasteiger partial charge is 0.381 e. The molecule has 2 aliphatic heterocycles. The molecule has 0 aromatic rings. The van der Waals surface area contributed by atoms with Gasteiger partial charge in [0.05, 0.1) is 12.1 Å². The predicted octanol–water partition coefficient (Wildman–Crippen LogP) is 0.673. The van der Waals surface area contributed by atoms with Crippen molar-refractivity contribution in [3.63, 3.8) is 0 Å². The van der Waals surface area contributed by atoms with Gasteiger partial charge in [-0.3, -0.25) is 0 Å². The Labute approximate surface area is 95.6 Å². The Kier molecular flexibility index (Phi) is 3.30. The number of hydrogen-bond acceptors (Lipinski definition) is 3. The van der Waals surface area contributed by atoms with Crippen LogP contribution in [0.4, 0.5) is 4.79 Å². The topological polar surface area (TPSA) is 56.6 Å². The first kappa shape index (κ1) is 11.2. The lowest BCUT2D eigenvalue weighted by Gasteiger charge is -2.30. The minimum absolute atomic E-state index is 0.0157. The van der Waals surface area contributed by atoms with E-state index in [1.807, 2.05) is 13.1 Å². The maximum absolute atomic E-state index is 11.8. The van der Waals surface area contributed by atoms with E-state index in [1.54, 1.807) is 9.80 Å². The molecule has 0 radical (unpaired) electrons. The van der Waals surface area contributed by atoms with Crippen molar-refractivity contribution >= 4 is 6.03 Å². The minimum atomic E-state index is -0.0157. The molecule has 2 amide bonds. The first-order valence-corrected chi connectivity index (χ1v) is 5.70. The molecule has 2 aliphatic rings. The molecule has 1 unspecified atom stereocenters. The van der Waals surface area contributed by atoms with E-state index in [0.29, 0.717) is 12.5 Å². The van der Waals surface area contributed by atoms with Crippen LogP contribution in [0.5, 0.6) is 0 Å². The Morgan fingerprint density at radius 3 is 2.81 bits per heavy atom. The monoisotopic (exact) mass is 223 g/mol. The van der Waals surface area contributed by atoms with Crippen LogP contribution in [0.2, 0.25) is 0 Å². The van der Waals surface area contributed by atoms with Crippen LogP contribution in [-0.2, 0) is 4.74 Å². The lowest BCUT2D eigenvalue weighted by Crippen LogP contribution is -2.38. The summed E-state index contributed by atoms with van der Waals surface area (Å²) >= 11 is 0. The number of urea groups is 1. The predicted molar refractivity (Wildman–Crippen MR) is 57.7 cm³/mol. The highest BCUT2D eigenvalue weighted by Gasteiger charge is 2.39. The van der Waals surface area contributed by atoms with Crippen molar-refractivity contribution in [2.75, 3.05) is 33.4 Å². The highest BCUT2D eigenvalue weighted by atomic mass is 16.5. The summed E-state index contributed by atoms with van der Waals surface area (Å²) in [5, 5.41) is 8.64. The summed E-state index contributed by atoms with van der Waals surface area (Å²) in [4.78, 5) is 15.2. The molecule has 2 fully saturated rings. The quantitative estimate of drug-likeness (QED) is 0.647. The fourth-order valence-corrected chi connectivity index (χ4v) is 2.57. The van der Waals surface area contributed by atoms with Crippen LogP contribution < -0.4 is 0 Å². The van der Waals surface area contributed by atoms with Crippen LogP contribution >= 0.6 is 0 Å². The van der Waals surface area contributed by atoms with E-state index in [4.69, 9.17) is 10.00 Å². The Balaban J connectivity index is 2.00. The molecule has 88 valence electrons. The molecule has 0 aromatic heterocycles. The van der Waals surface area contributed by atoms with Crippen molar-refractivity contribution in [3.8, 4) is 6.07 Å². The first-order chi connectivity index (χ1) is 7.74. The Morgan fingerprint density at radius 2 is 2.19 bits per heavy atom. The minimum Gasteiger partial charge on any atom is -0.381 e. The fraction of sp³-hybridized carbons (Fsp3) is 0.818. The molecule has 5 nitrogen and oxygen atoms in total. The van der Waals surface area contributed by atoms with Crippen molar-refractivity contribution < 1.29 is 9.53 Å². The van der Waals surface area contributed by atoms with Gasteiger partial charge in [0.25, 0.3) is 0 Å². The van der Waals surface area contributed by atoms with Gasteiger partial charge in [0.2, 0.25) is 0 Å². The summed E-state index contributed by atoms with van der Waals surface area (Å²) in [6, 6.07) is 2.28. The van der Waals surface area contributed by atoms with Gasteiger partial charge in [-0.15, -0.1) is 0 Å². The summed E-state index contributed by atoms with van der Waals surface area (Å²) in [7, 11) is 1.83. The molecule has 2 saturated heterocycles. The van der Waals surface area contributed by atoms with E-state index >= 15 is 0 Å². The molecular weight excluding hydrogens is 206 g/mol. The Morgan fingerprint density at radius 1 is 1.50 bits per heavy atom. The van der Waals surface area contributed by atoms with Crippen molar-refractivity contribution in [1.82, 2.24) is 9.80 Å². The van der Waals surface area contributed by atoms with Crippen LogP contribution in [0, 0.1) is 17.2 Å². The number of rotatable bonds is 2. The lowest BCUT2D eigenvalue weighted by molar-refractivity contribution is 0.0453. The summed E-state index contributed by atoms with van der Waals surface area (Å²) in [5.41, 5.74) is 0. The number of nitrogens with zero attached hydrogens (tertiary/aromatic N) is 3. The van der Waals surface area contributed by atoms with Crippen molar-refractivity contribution in [3.05, 3.63) is 0 Å². The first-order valence-electron chi connectivity index (χ1n) is 5.70. The molecule has 2 rings (SSSR count). The summed E-state index contributed by atoms with van der Waals surface area (Å²) in [6.07, 6.45) is 2.03. The lowest BCUT2D eigenvalue weighted by atomic mass is 9.91. The average Bonchev–Trinajstić information content (AvgIpc) is 2.59. The van der Waals surface area contributed by atoms with Crippen LogP contribution in [0.25, 0.3) is 0 Å². The van der Waals surface area contributed by atoms with E-state index in [-0.39, 0.29) is 18.6 Å². The molecule has 0 aliphatic carbocycles.